The molecule has 0 saturated carbocycles. The summed E-state index contributed by atoms with van der Waals surface area (Å²) in [4.78, 5) is 2.69. The van der Waals surface area contributed by atoms with Gasteiger partial charge in [0.05, 0.1) is 0 Å². The number of hydrogen-bond acceptors (Lipinski definition) is 9. The number of anilines is 3. The summed E-state index contributed by atoms with van der Waals surface area (Å²) in [5.41, 5.74) is 7.55. The van der Waals surface area contributed by atoms with Crippen LogP contribution in [0.15, 0.2) is 54.6 Å². The van der Waals surface area contributed by atoms with Crippen molar-refractivity contribution in [3.8, 4) is 0 Å². The molecule has 3 rings (SSSR count). The molecular weight excluding hydrogens is 796 g/mol. The molecule has 0 aliphatic heterocycles. The topological polar surface area (TPSA) is 22.7 Å². The summed E-state index contributed by atoms with van der Waals surface area (Å²) in [5, 5.41) is 4.11. The van der Waals surface area contributed by atoms with E-state index in [-0.39, 0.29) is 0 Å². The zero-order chi connectivity index (χ0) is 42.7. The molecular formula is C45H82N7P3S2. The van der Waals surface area contributed by atoms with E-state index in [9.17, 15) is 0 Å². The second-order valence-electron chi connectivity index (χ2n) is 14.9. The third-order valence-corrected chi connectivity index (χ3v) is 28.0. The maximum absolute atomic E-state index is 6.02. The molecule has 0 N–H and O–H groups in total. The minimum absolute atomic E-state index is 0.828. The van der Waals surface area contributed by atoms with Crippen LogP contribution in [0, 0.1) is 20.8 Å². The van der Waals surface area contributed by atoms with Crippen molar-refractivity contribution in [1.29, 1.82) is 0 Å². The number of hydrogen-bond donors (Lipinski definition) is 2. The van der Waals surface area contributed by atoms with Crippen molar-refractivity contribution in [3.63, 3.8) is 0 Å². The Kier molecular flexibility index (Phi) is 20.8. The Morgan fingerprint density at radius 1 is 0.404 bits per heavy atom. The van der Waals surface area contributed by atoms with Crippen LogP contribution in [0.25, 0.3) is 0 Å². The quantitative estimate of drug-likeness (QED) is 0.0683. The molecule has 0 heterocycles. The van der Waals surface area contributed by atoms with Gasteiger partial charge in [0.1, 0.15) is 0 Å². The molecule has 0 aromatic heterocycles. The molecule has 0 aliphatic rings. The standard InChI is InChI=1S/C45H82N7P3S2/c1-16-46(17-2)53(47(18-3)19-4)43-34-37(13)28-31-40(43)52(41-32-29-38(14)35-44(41)54(56,48(20-5)21-6)49(22-7)23-8)42-33-30-39(15)36-45(42)55(57,50(24-9)25-10)51(26-11)27-12/h28-36,54-57H,16-27H2,1-15H3. The van der Waals surface area contributed by atoms with Gasteiger partial charge in [0, 0.05) is 0 Å². The van der Waals surface area contributed by atoms with Crippen molar-refractivity contribution >= 4 is 79.2 Å². The molecule has 3 aromatic rings. The Bertz CT molecular complexity index is 1550. The fraction of sp³-hybridized carbons (Fsp3) is 0.600. The Morgan fingerprint density at radius 3 is 0.965 bits per heavy atom. The molecule has 0 unspecified atom stereocenters. The van der Waals surface area contributed by atoms with Crippen LogP contribution < -0.4 is 20.8 Å². The summed E-state index contributed by atoms with van der Waals surface area (Å²) in [5.74, 6) is 0. The van der Waals surface area contributed by atoms with Gasteiger partial charge in [0.2, 0.25) is 0 Å². The number of nitrogens with zero attached hydrogens (tertiary/aromatic N) is 7. The molecule has 0 spiro atoms. The van der Waals surface area contributed by atoms with Gasteiger partial charge >= 0.3 is 366 Å². The summed E-state index contributed by atoms with van der Waals surface area (Å²) in [6.45, 7) is 40.5. The van der Waals surface area contributed by atoms with E-state index in [4.69, 9.17) is 24.5 Å². The zero-order valence-corrected chi connectivity index (χ0v) is 43.3. The van der Waals surface area contributed by atoms with Gasteiger partial charge in [-0.1, -0.05) is 0 Å². The van der Waals surface area contributed by atoms with Crippen molar-refractivity contribution in [2.75, 3.05) is 83.4 Å². The normalized spacial score (nSPS) is 13.4. The summed E-state index contributed by atoms with van der Waals surface area (Å²) < 4.78 is 16.1. The molecule has 3 aromatic carbocycles. The van der Waals surface area contributed by atoms with Gasteiger partial charge in [-0.15, -0.1) is 0 Å². The van der Waals surface area contributed by atoms with Gasteiger partial charge in [-0.25, -0.2) is 0 Å². The third-order valence-electron chi connectivity index (χ3n) is 11.9. The minimum atomic E-state index is -2.79. The number of benzene rings is 3. The van der Waals surface area contributed by atoms with Crippen LogP contribution in [0.4, 0.5) is 17.1 Å². The molecule has 12 heteroatoms. The second-order valence-corrected chi connectivity index (χ2v) is 27.0. The molecule has 0 aliphatic carbocycles. The maximum atomic E-state index is 6.02. The van der Waals surface area contributed by atoms with Gasteiger partial charge in [0.15, 0.2) is 0 Å². The van der Waals surface area contributed by atoms with Gasteiger partial charge in [-0.05, 0) is 0 Å². The summed E-state index contributed by atoms with van der Waals surface area (Å²) in [7, 11) is -0.828. The molecule has 0 atom stereocenters. The molecule has 57 heavy (non-hydrogen) atoms. The van der Waals surface area contributed by atoms with Crippen LogP contribution >= 0.6 is 46.3 Å². The Balaban J connectivity index is 2.82. The molecule has 7 nitrogen and oxygen atoms in total. The molecule has 0 fully saturated rings. The van der Waals surface area contributed by atoms with E-state index in [1.54, 1.807) is 0 Å². The average molecular weight is 878 g/mol. The fourth-order valence-corrected chi connectivity index (χ4v) is 23.6. The monoisotopic (exact) mass is 878 g/mol. The average Bonchev–Trinajstić information content (AvgIpc) is 3.21. The zero-order valence-electron chi connectivity index (χ0n) is 38.7. The van der Waals surface area contributed by atoms with Gasteiger partial charge < -0.3 is 0 Å². The van der Waals surface area contributed by atoms with Crippen LogP contribution in [0.1, 0.15) is 99.8 Å². The molecule has 0 amide bonds. The van der Waals surface area contributed by atoms with Gasteiger partial charge in [-0.2, -0.15) is 0 Å². The van der Waals surface area contributed by atoms with Gasteiger partial charge in [-0.3, -0.25) is 0 Å². The van der Waals surface area contributed by atoms with Crippen LogP contribution in [0.3, 0.4) is 0 Å². The molecule has 0 radical (unpaired) electrons. The van der Waals surface area contributed by atoms with E-state index < -0.39 is 21.8 Å². The van der Waals surface area contributed by atoms with Crippen LogP contribution in [-0.2, 0) is 0 Å². The first-order valence-corrected chi connectivity index (χ1v) is 29.7. The van der Waals surface area contributed by atoms with E-state index in [2.05, 4.69) is 191 Å². The van der Waals surface area contributed by atoms with Crippen molar-refractivity contribution in [2.24, 2.45) is 0 Å². The van der Waals surface area contributed by atoms with Crippen molar-refractivity contribution < 1.29 is 0 Å². The van der Waals surface area contributed by atoms with E-state index in [1.807, 2.05) is 0 Å². The van der Waals surface area contributed by atoms with E-state index in [1.165, 1.54) is 49.7 Å². The number of thiol groups is 2. The van der Waals surface area contributed by atoms with Crippen molar-refractivity contribution in [3.05, 3.63) is 71.3 Å². The summed E-state index contributed by atoms with van der Waals surface area (Å²) in [6.07, 6.45) is 0. The van der Waals surface area contributed by atoms with E-state index >= 15 is 0 Å². The third kappa shape index (κ3) is 10.5. The molecule has 0 saturated heterocycles. The van der Waals surface area contributed by atoms with Crippen molar-refractivity contribution in [2.45, 2.75) is 104 Å². The summed E-state index contributed by atoms with van der Waals surface area (Å²) in [6, 6.07) is 21.8. The number of rotatable bonds is 24. The van der Waals surface area contributed by atoms with Crippen molar-refractivity contribution in [1.82, 2.24) is 28.0 Å². The molecule has 324 valence electrons. The number of aryl methyl sites for hydroxylation is 3. The van der Waals surface area contributed by atoms with E-state index in [0.717, 1.165) is 78.5 Å². The SMILES string of the molecule is CCN(CC)P(c1cc(C)ccc1N(c1ccc(C)cc1[PH](S)(N(CC)CC)N(CC)CC)c1ccc(C)cc1[PH](S)(N(CC)CC)N(CC)CC)N(CC)CC. The molecule has 0 bridgehead atoms. The Hall–Kier alpha value is -0.790. The first-order chi connectivity index (χ1) is 27.2. The Labute approximate surface area is 364 Å². The second kappa shape index (κ2) is 23.4. The predicted octanol–water partition coefficient (Wildman–Crippen LogP) is 11.2. The fourth-order valence-electron chi connectivity index (χ4n) is 8.81. The van der Waals surface area contributed by atoms with Crippen LogP contribution in [0.5, 0.6) is 0 Å². The van der Waals surface area contributed by atoms with Crippen LogP contribution in [-0.4, -0.2) is 107 Å². The summed E-state index contributed by atoms with van der Waals surface area (Å²) >= 11 is 12.0. The first-order valence-electron chi connectivity index (χ1n) is 22.1. The predicted molar refractivity (Wildman–Crippen MR) is 273 cm³/mol. The van der Waals surface area contributed by atoms with Crippen LogP contribution in [0.2, 0.25) is 0 Å². The first kappa shape index (κ1) is 50.6. The van der Waals surface area contributed by atoms with Gasteiger partial charge in [0.25, 0.3) is 0 Å². The van der Waals surface area contributed by atoms with E-state index in [0.29, 0.717) is 0 Å². The Morgan fingerprint density at radius 2 is 0.684 bits per heavy atom.